The fourth-order valence-electron chi connectivity index (χ4n) is 3.30. The van der Waals surface area contributed by atoms with Crippen LogP contribution in [0.1, 0.15) is 23.9 Å². The van der Waals surface area contributed by atoms with Crippen molar-refractivity contribution in [2.24, 2.45) is 5.92 Å². The van der Waals surface area contributed by atoms with Crippen molar-refractivity contribution in [3.8, 4) is 10.6 Å². The van der Waals surface area contributed by atoms with Crippen molar-refractivity contribution in [3.63, 3.8) is 0 Å². The first-order chi connectivity index (χ1) is 13.6. The summed E-state index contributed by atoms with van der Waals surface area (Å²) in [4.78, 5) is 33.9. The van der Waals surface area contributed by atoms with Gasteiger partial charge in [0.2, 0.25) is 11.8 Å². The minimum Gasteiger partial charge on any atom is -0.326 e. The Morgan fingerprint density at radius 2 is 1.86 bits per heavy atom. The highest BCUT2D eigenvalue weighted by atomic mass is 32.1. The Balaban J connectivity index is 1.42. The number of nitrogens with one attached hydrogen (secondary N) is 2. The number of hydrogen-bond donors (Lipinski definition) is 2. The van der Waals surface area contributed by atoms with Crippen LogP contribution in [-0.4, -0.2) is 21.8 Å². The van der Waals surface area contributed by atoms with E-state index >= 15 is 0 Å². The normalized spacial score (nSPS) is 15.5. The number of benzene rings is 1. The number of anilines is 2. The summed E-state index contributed by atoms with van der Waals surface area (Å²) in [5.41, 5.74) is 3.56. The number of carbonyl (C=O) groups excluding carboxylic acids is 2. The Labute approximate surface area is 167 Å². The van der Waals surface area contributed by atoms with Crippen LogP contribution in [0.25, 0.3) is 10.6 Å². The van der Waals surface area contributed by atoms with Crippen LogP contribution in [-0.2, 0) is 22.4 Å². The zero-order chi connectivity index (χ0) is 19.5. The Morgan fingerprint density at radius 1 is 1.11 bits per heavy atom. The van der Waals surface area contributed by atoms with Crippen LogP contribution in [0.5, 0.6) is 0 Å². The molecule has 2 aromatic heterocycles. The van der Waals surface area contributed by atoms with Gasteiger partial charge in [0.1, 0.15) is 5.01 Å². The Morgan fingerprint density at radius 3 is 2.54 bits per heavy atom. The molecule has 1 atom stereocenters. The molecule has 6 nitrogen and oxygen atoms in total. The van der Waals surface area contributed by atoms with Crippen molar-refractivity contribution in [3.05, 3.63) is 59.4 Å². The van der Waals surface area contributed by atoms with Crippen molar-refractivity contribution >= 4 is 34.5 Å². The van der Waals surface area contributed by atoms with Gasteiger partial charge >= 0.3 is 0 Å². The summed E-state index contributed by atoms with van der Waals surface area (Å²) in [5.74, 6) is -0.163. The lowest BCUT2D eigenvalue weighted by molar-refractivity contribution is -0.120. The highest BCUT2D eigenvalue weighted by molar-refractivity contribution is 7.15. The number of aryl methyl sites for hydroxylation is 1. The van der Waals surface area contributed by atoms with Crippen molar-refractivity contribution in [1.29, 1.82) is 0 Å². The summed E-state index contributed by atoms with van der Waals surface area (Å²) in [6.45, 7) is 1.46. The average Bonchev–Trinajstić information content (AvgIpc) is 3.13. The molecule has 2 heterocycles. The van der Waals surface area contributed by atoms with E-state index in [0.717, 1.165) is 34.8 Å². The summed E-state index contributed by atoms with van der Waals surface area (Å²) in [6.07, 6.45) is 5.88. The number of carbonyl (C=O) groups is 2. The number of amides is 2. The third kappa shape index (κ3) is 4.09. The first-order valence-corrected chi connectivity index (χ1v) is 9.97. The molecule has 28 heavy (non-hydrogen) atoms. The number of fused-ring (bicyclic) bond motifs is 1. The van der Waals surface area contributed by atoms with Gasteiger partial charge in [-0.25, -0.2) is 4.98 Å². The Kier molecular flexibility index (Phi) is 5.16. The highest BCUT2D eigenvalue weighted by Gasteiger charge is 2.27. The second-order valence-electron chi connectivity index (χ2n) is 6.82. The lowest BCUT2D eigenvalue weighted by Gasteiger charge is -2.20. The number of pyridine rings is 1. The number of aromatic nitrogens is 2. The van der Waals surface area contributed by atoms with Crippen LogP contribution < -0.4 is 10.6 Å². The molecule has 0 spiro atoms. The van der Waals surface area contributed by atoms with Crippen molar-refractivity contribution in [1.82, 2.24) is 9.97 Å². The van der Waals surface area contributed by atoms with E-state index in [1.54, 1.807) is 41.8 Å². The van der Waals surface area contributed by atoms with Gasteiger partial charge < -0.3 is 10.6 Å². The molecule has 1 aliphatic rings. The van der Waals surface area contributed by atoms with Crippen molar-refractivity contribution in [2.45, 2.75) is 26.2 Å². The fourth-order valence-corrected chi connectivity index (χ4v) is 4.47. The van der Waals surface area contributed by atoms with E-state index < -0.39 is 0 Å². The lowest BCUT2D eigenvalue weighted by atomic mass is 9.90. The van der Waals surface area contributed by atoms with Crippen LogP contribution >= 0.6 is 11.3 Å². The zero-order valence-electron chi connectivity index (χ0n) is 15.4. The first-order valence-electron chi connectivity index (χ1n) is 9.16. The maximum Gasteiger partial charge on any atom is 0.227 e. The van der Waals surface area contributed by atoms with Gasteiger partial charge in [-0.15, -0.1) is 11.3 Å². The SMILES string of the molecule is CC(=O)Nc1ccc(NC(=O)C2CCc3nc(-c4cccnc4)sc3C2)cc1. The lowest BCUT2D eigenvalue weighted by Crippen LogP contribution is -2.27. The van der Waals surface area contributed by atoms with E-state index in [4.69, 9.17) is 4.98 Å². The second kappa shape index (κ2) is 7.90. The van der Waals surface area contributed by atoms with Crippen LogP contribution in [0.3, 0.4) is 0 Å². The van der Waals surface area contributed by atoms with Gasteiger partial charge in [0, 0.05) is 47.1 Å². The molecular formula is C21H20N4O2S. The predicted molar refractivity (Wildman–Crippen MR) is 110 cm³/mol. The molecule has 0 fully saturated rings. The minimum absolute atomic E-state index is 0.0225. The van der Waals surface area contributed by atoms with Crippen LogP contribution in [0.4, 0.5) is 11.4 Å². The average molecular weight is 392 g/mol. The van der Waals surface area contributed by atoms with E-state index in [1.807, 2.05) is 18.3 Å². The Bertz CT molecular complexity index is 999. The fraction of sp³-hybridized carbons (Fsp3) is 0.238. The largest absolute Gasteiger partial charge is 0.326 e. The van der Waals surface area contributed by atoms with E-state index in [-0.39, 0.29) is 17.7 Å². The molecular weight excluding hydrogens is 372 g/mol. The molecule has 4 rings (SSSR count). The van der Waals surface area contributed by atoms with Crippen LogP contribution in [0.2, 0.25) is 0 Å². The summed E-state index contributed by atoms with van der Waals surface area (Å²) in [5, 5.41) is 6.66. The molecule has 142 valence electrons. The first kappa shape index (κ1) is 18.3. The maximum absolute atomic E-state index is 12.7. The van der Waals surface area contributed by atoms with Gasteiger partial charge in [0.05, 0.1) is 5.69 Å². The quantitative estimate of drug-likeness (QED) is 0.705. The number of nitrogens with zero attached hydrogens (tertiary/aromatic N) is 2. The van der Waals surface area contributed by atoms with Gasteiger partial charge in [0.15, 0.2) is 0 Å². The van der Waals surface area contributed by atoms with E-state index in [2.05, 4.69) is 15.6 Å². The van der Waals surface area contributed by atoms with Gasteiger partial charge in [-0.3, -0.25) is 14.6 Å². The van der Waals surface area contributed by atoms with Crippen LogP contribution in [0, 0.1) is 5.92 Å². The third-order valence-corrected chi connectivity index (χ3v) is 5.86. The summed E-state index contributed by atoms with van der Waals surface area (Å²) >= 11 is 1.65. The van der Waals surface area contributed by atoms with E-state index in [0.29, 0.717) is 12.1 Å². The van der Waals surface area contributed by atoms with Crippen molar-refractivity contribution < 1.29 is 9.59 Å². The topological polar surface area (TPSA) is 84.0 Å². The molecule has 2 N–H and O–H groups in total. The molecule has 1 aliphatic carbocycles. The zero-order valence-corrected chi connectivity index (χ0v) is 16.3. The summed E-state index contributed by atoms with van der Waals surface area (Å²) in [6, 6.07) is 11.1. The molecule has 3 aromatic rings. The molecule has 1 unspecified atom stereocenters. The molecule has 7 heteroatoms. The van der Waals surface area contributed by atoms with E-state index in [9.17, 15) is 9.59 Å². The number of thiazole rings is 1. The number of hydrogen-bond acceptors (Lipinski definition) is 5. The smallest absolute Gasteiger partial charge is 0.227 e. The van der Waals surface area contributed by atoms with Gasteiger partial charge in [-0.05, 0) is 55.7 Å². The molecule has 0 aliphatic heterocycles. The van der Waals surface area contributed by atoms with Gasteiger partial charge in [-0.2, -0.15) is 0 Å². The molecule has 0 radical (unpaired) electrons. The second-order valence-corrected chi connectivity index (χ2v) is 7.90. The monoisotopic (exact) mass is 392 g/mol. The Hall–Kier alpha value is -3.06. The summed E-state index contributed by atoms with van der Waals surface area (Å²) < 4.78 is 0. The third-order valence-electron chi connectivity index (χ3n) is 4.69. The standard InChI is InChI=1S/C21H20N4O2S/c1-13(26)23-16-5-7-17(8-6-16)24-20(27)14-4-9-18-19(11-14)28-21(25-18)15-3-2-10-22-12-15/h2-3,5-8,10,12,14H,4,9,11H2,1H3,(H,23,26)(H,24,27). The maximum atomic E-state index is 12.7. The number of rotatable bonds is 4. The predicted octanol–water partition coefficient (Wildman–Crippen LogP) is 3.91. The molecule has 2 amide bonds. The molecule has 0 saturated carbocycles. The highest BCUT2D eigenvalue weighted by Crippen LogP contribution is 2.34. The summed E-state index contributed by atoms with van der Waals surface area (Å²) in [7, 11) is 0. The van der Waals surface area contributed by atoms with E-state index in [1.165, 1.54) is 11.8 Å². The minimum atomic E-state index is -0.120. The molecule has 0 saturated heterocycles. The van der Waals surface area contributed by atoms with Crippen molar-refractivity contribution in [2.75, 3.05) is 10.6 Å². The molecule has 1 aromatic carbocycles. The van der Waals surface area contributed by atoms with Gasteiger partial charge in [-0.1, -0.05) is 0 Å². The molecule has 0 bridgehead atoms. The van der Waals surface area contributed by atoms with Crippen LogP contribution in [0.15, 0.2) is 48.8 Å². The van der Waals surface area contributed by atoms with Gasteiger partial charge in [0.25, 0.3) is 0 Å².